The third-order valence-corrected chi connectivity index (χ3v) is 10.4. The molecule has 4 fully saturated rings. The molecule has 2 N–H and O–H groups in total. The highest BCUT2D eigenvalue weighted by Gasteiger charge is 2.65. The van der Waals surface area contributed by atoms with E-state index in [-0.39, 0.29) is 47.0 Å². The van der Waals surface area contributed by atoms with Crippen LogP contribution in [0.5, 0.6) is 0 Å². The Morgan fingerprint density at radius 3 is 2.59 bits per heavy atom. The van der Waals surface area contributed by atoms with Crippen molar-refractivity contribution >= 4 is 11.8 Å². The standard InChI is InChI=1S/C25H40O4/c1-14-9-10-24(3)16(11-14)12-20(26)23-18-7-6-17(15(2)5-8-22(28)29)25(18,4)21(27)13-19(23)24/h14-20,23,26H,5-13H2,1-4H3,(H,28,29)/t14-,15?,16?,17?,18?,19?,20-,23?,24?,25?/m0/s1. The van der Waals surface area contributed by atoms with E-state index in [1.54, 1.807) is 0 Å². The fourth-order valence-corrected chi connectivity index (χ4v) is 8.65. The Hall–Kier alpha value is -0.900. The van der Waals surface area contributed by atoms with Crippen LogP contribution in [0.25, 0.3) is 0 Å². The van der Waals surface area contributed by atoms with Crippen LogP contribution in [0, 0.1) is 52.3 Å². The molecule has 4 heteroatoms. The van der Waals surface area contributed by atoms with E-state index in [2.05, 4.69) is 27.7 Å². The van der Waals surface area contributed by atoms with Crippen LogP contribution < -0.4 is 0 Å². The van der Waals surface area contributed by atoms with Gasteiger partial charge >= 0.3 is 5.97 Å². The Balaban J connectivity index is 1.62. The molecule has 0 aromatic heterocycles. The number of hydrogen-bond acceptors (Lipinski definition) is 3. The van der Waals surface area contributed by atoms with Gasteiger partial charge in [0.2, 0.25) is 0 Å². The molecule has 0 bridgehead atoms. The lowest BCUT2D eigenvalue weighted by Crippen LogP contribution is -2.61. The number of carbonyl (C=O) groups excluding carboxylic acids is 1. The lowest BCUT2D eigenvalue weighted by Gasteiger charge is -2.62. The van der Waals surface area contributed by atoms with E-state index in [0.29, 0.717) is 30.5 Å². The van der Waals surface area contributed by atoms with Crippen molar-refractivity contribution in [1.82, 2.24) is 0 Å². The zero-order chi connectivity index (χ0) is 21.1. The Morgan fingerprint density at radius 2 is 1.90 bits per heavy atom. The van der Waals surface area contributed by atoms with Gasteiger partial charge in [-0.25, -0.2) is 0 Å². The summed E-state index contributed by atoms with van der Waals surface area (Å²) in [6.45, 7) is 9.05. The van der Waals surface area contributed by atoms with E-state index in [4.69, 9.17) is 5.11 Å². The predicted octanol–water partition coefficient (Wildman–Crippen LogP) is 4.93. The highest BCUT2D eigenvalue weighted by Crippen LogP contribution is 2.67. The van der Waals surface area contributed by atoms with Gasteiger partial charge in [0.15, 0.2) is 0 Å². The molecule has 0 heterocycles. The van der Waals surface area contributed by atoms with E-state index in [1.165, 1.54) is 19.3 Å². The van der Waals surface area contributed by atoms with E-state index < -0.39 is 5.97 Å². The van der Waals surface area contributed by atoms with Crippen LogP contribution in [0.3, 0.4) is 0 Å². The van der Waals surface area contributed by atoms with Crippen molar-refractivity contribution in [2.75, 3.05) is 0 Å². The second kappa shape index (κ2) is 7.35. The summed E-state index contributed by atoms with van der Waals surface area (Å²) in [6.07, 6.45) is 7.72. The Kier molecular flexibility index (Phi) is 5.41. The normalized spacial score (nSPS) is 50.4. The smallest absolute Gasteiger partial charge is 0.303 e. The molecule has 0 radical (unpaired) electrons. The number of carbonyl (C=O) groups is 2. The molecule has 0 amide bonds. The van der Waals surface area contributed by atoms with Gasteiger partial charge < -0.3 is 10.2 Å². The topological polar surface area (TPSA) is 74.6 Å². The van der Waals surface area contributed by atoms with Gasteiger partial charge in [0.1, 0.15) is 5.78 Å². The number of hydrogen-bond donors (Lipinski definition) is 2. The molecule has 4 nitrogen and oxygen atoms in total. The number of aliphatic carboxylic acids is 1. The summed E-state index contributed by atoms with van der Waals surface area (Å²) in [7, 11) is 0. The zero-order valence-electron chi connectivity index (χ0n) is 18.7. The molecule has 4 aliphatic rings. The van der Waals surface area contributed by atoms with Crippen LogP contribution in [0.2, 0.25) is 0 Å². The van der Waals surface area contributed by atoms with Gasteiger partial charge in [-0.05, 0) is 85.4 Å². The summed E-state index contributed by atoms with van der Waals surface area (Å²) in [5.74, 6) is 2.25. The number of ketones is 1. The molecule has 0 aromatic carbocycles. The molecule has 4 saturated carbocycles. The quantitative estimate of drug-likeness (QED) is 0.696. The maximum Gasteiger partial charge on any atom is 0.303 e. The second-order valence-corrected chi connectivity index (χ2v) is 11.7. The van der Waals surface area contributed by atoms with E-state index in [9.17, 15) is 14.7 Å². The molecule has 4 aliphatic carbocycles. The van der Waals surface area contributed by atoms with Crippen LogP contribution in [-0.4, -0.2) is 28.1 Å². The van der Waals surface area contributed by atoms with Crippen LogP contribution in [0.15, 0.2) is 0 Å². The van der Waals surface area contributed by atoms with Crippen LogP contribution in [0.4, 0.5) is 0 Å². The van der Waals surface area contributed by atoms with Crippen LogP contribution in [0.1, 0.15) is 85.5 Å². The Morgan fingerprint density at radius 1 is 1.17 bits per heavy atom. The van der Waals surface area contributed by atoms with Gasteiger partial charge in [0, 0.05) is 18.3 Å². The first-order valence-electron chi connectivity index (χ1n) is 12.0. The summed E-state index contributed by atoms with van der Waals surface area (Å²) in [5, 5.41) is 20.4. The van der Waals surface area contributed by atoms with E-state index in [0.717, 1.165) is 25.2 Å². The number of carboxylic acid groups (broad SMARTS) is 1. The monoisotopic (exact) mass is 404 g/mol. The summed E-state index contributed by atoms with van der Waals surface area (Å²) in [6, 6.07) is 0. The third-order valence-electron chi connectivity index (χ3n) is 10.4. The van der Waals surface area contributed by atoms with E-state index >= 15 is 0 Å². The summed E-state index contributed by atoms with van der Waals surface area (Å²) in [4.78, 5) is 24.8. The van der Waals surface area contributed by atoms with Crippen molar-refractivity contribution in [1.29, 1.82) is 0 Å². The molecule has 0 aromatic rings. The summed E-state index contributed by atoms with van der Waals surface area (Å²) >= 11 is 0. The minimum absolute atomic E-state index is 0.180. The number of aliphatic hydroxyl groups excluding tert-OH is 1. The van der Waals surface area contributed by atoms with Crippen LogP contribution in [-0.2, 0) is 9.59 Å². The molecule has 8 unspecified atom stereocenters. The van der Waals surface area contributed by atoms with Crippen molar-refractivity contribution < 1.29 is 19.8 Å². The minimum atomic E-state index is -0.750. The Bertz CT molecular complexity index is 674. The number of rotatable bonds is 4. The maximum absolute atomic E-state index is 13.7. The number of carboxylic acids is 1. The zero-order valence-corrected chi connectivity index (χ0v) is 18.7. The molecule has 4 rings (SSSR count). The van der Waals surface area contributed by atoms with Crippen molar-refractivity contribution in [2.45, 2.75) is 91.6 Å². The van der Waals surface area contributed by atoms with Crippen LogP contribution >= 0.6 is 0 Å². The van der Waals surface area contributed by atoms with Gasteiger partial charge in [0.05, 0.1) is 6.10 Å². The molecule has 29 heavy (non-hydrogen) atoms. The molecule has 10 atom stereocenters. The lowest BCUT2D eigenvalue weighted by atomic mass is 9.43. The molecule has 0 spiro atoms. The van der Waals surface area contributed by atoms with Crippen molar-refractivity contribution in [3.63, 3.8) is 0 Å². The predicted molar refractivity (Wildman–Crippen MR) is 112 cm³/mol. The first kappa shape index (κ1) is 21.3. The third kappa shape index (κ3) is 3.20. The number of Topliss-reactive ketones (excluding diaryl/α,β-unsaturated/α-hetero) is 1. The maximum atomic E-state index is 13.7. The van der Waals surface area contributed by atoms with Gasteiger partial charge in [-0.2, -0.15) is 0 Å². The van der Waals surface area contributed by atoms with Crippen molar-refractivity contribution in [3.05, 3.63) is 0 Å². The number of aliphatic hydroxyl groups is 1. The molecular formula is C25H40O4. The first-order valence-corrected chi connectivity index (χ1v) is 12.0. The largest absolute Gasteiger partial charge is 0.481 e. The second-order valence-electron chi connectivity index (χ2n) is 11.7. The summed E-state index contributed by atoms with van der Waals surface area (Å²) in [5.41, 5.74) is -0.189. The fourth-order valence-electron chi connectivity index (χ4n) is 8.65. The van der Waals surface area contributed by atoms with Crippen molar-refractivity contribution in [2.24, 2.45) is 52.3 Å². The number of fused-ring (bicyclic) bond motifs is 5. The fraction of sp³-hybridized carbons (Fsp3) is 0.920. The Labute approximate surface area is 175 Å². The first-order chi connectivity index (χ1) is 13.6. The molecule has 0 saturated heterocycles. The molecule has 164 valence electrons. The lowest BCUT2D eigenvalue weighted by molar-refractivity contribution is -0.178. The highest BCUT2D eigenvalue weighted by atomic mass is 16.4. The minimum Gasteiger partial charge on any atom is -0.481 e. The molecule has 0 aliphatic heterocycles. The average molecular weight is 405 g/mol. The van der Waals surface area contributed by atoms with Gasteiger partial charge in [-0.1, -0.05) is 34.1 Å². The highest BCUT2D eigenvalue weighted by molar-refractivity contribution is 5.87. The van der Waals surface area contributed by atoms with Crippen molar-refractivity contribution in [3.8, 4) is 0 Å². The van der Waals surface area contributed by atoms with E-state index in [1.807, 2.05) is 0 Å². The average Bonchev–Trinajstić information content (AvgIpc) is 3.01. The summed E-state index contributed by atoms with van der Waals surface area (Å²) < 4.78 is 0. The van der Waals surface area contributed by atoms with Gasteiger partial charge in [-0.15, -0.1) is 0 Å². The van der Waals surface area contributed by atoms with Gasteiger partial charge in [0.25, 0.3) is 0 Å². The SMILES string of the molecule is CC(CCC(=O)O)C1CCC2C3C(CC(=O)C12C)C1(C)CC[C@H](C)CC1C[C@@H]3O. The van der Waals surface area contributed by atoms with Gasteiger partial charge in [-0.3, -0.25) is 9.59 Å². The molecular weight excluding hydrogens is 364 g/mol.